The van der Waals surface area contributed by atoms with Gasteiger partial charge in [0.2, 0.25) is 0 Å². The standard InChI is InChI=1S/C11H5FO3/c12-8-5-9-10(15-11(13)14-9)7-4-2-1-3-6(7)8/h1-5H. The van der Waals surface area contributed by atoms with Crippen LogP contribution >= 0.6 is 0 Å². The van der Waals surface area contributed by atoms with Crippen molar-refractivity contribution in [3.05, 3.63) is 46.8 Å². The van der Waals surface area contributed by atoms with Crippen molar-refractivity contribution in [1.82, 2.24) is 0 Å². The van der Waals surface area contributed by atoms with Crippen molar-refractivity contribution in [3.63, 3.8) is 0 Å². The van der Waals surface area contributed by atoms with E-state index in [1.165, 1.54) is 0 Å². The number of benzene rings is 2. The minimum atomic E-state index is -0.819. The molecule has 0 spiro atoms. The lowest BCUT2D eigenvalue weighted by atomic mass is 10.1. The van der Waals surface area contributed by atoms with Crippen LogP contribution in [0, 0.1) is 5.82 Å². The number of hydrogen-bond acceptors (Lipinski definition) is 3. The van der Waals surface area contributed by atoms with Crippen LogP contribution in [0.2, 0.25) is 0 Å². The van der Waals surface area contributed by atoms with Gasteiger partial charge in [-0.1, -0.05) is 24.3 Å². The van der Waals surface area contributed by atoms with Crippen molar-refractivity contribution in [3.8, 4) is 0 Å². The molecule has 1 aromatic heterocycles. The summed E-state index contributed by atoms with van der Waals surface area (Å²) in [7, 11) is 0. The van der Waals surface area contributed by atoms with Gasteiger partial charge >= 0.3 is 5.82 Å². The first-order chi connectivity index (χ1) is 7.25. The molecular formula is C11H5FO3. The zero-order valence-electron chi connectivity index (χ0n) is 7.49. The first kappa shape index (κ1) is 8.23. The Hall–Kier alpha value is -2.10. The van der Waals surface area contributed by atoms with Crippen LogP contribution in [0.15, 0.2) is 44.0 Å². The summed E-state index contributed by atoms with van der Waals surface area (Å²) in [6.45, 7) is 0. The van der Waals surface area contributed by atoms with Gasteiger partial charge in [-0.05, 0) is 0 Å². The van der Waals surface area contributed by atoms with Crippen LogP contribution in [0.25, 0.3) is 21.9 Å². The van der Waals surface area contributed by atoms with E-state index in [-0.39, 0.29) is 11.2 Å². The second-order valence-corrected chi connectivity index (χ2v) is 3.19. The Morgan fingerprint density at radius 3 is 2.60 bits per heavy atom. The van der Waals surface area contributed by atoms with Crippen LogP contribution in [0.5, 0.6) is 0 Å². The lowest BCUT2D eigenvalue weighted by molar-refractivity contribution is 0.409. The van der Waals surface area contributed by atoms with Crippen LogP contribution in [-0.4, -0.2) is 0 Å². The van der Waals surface area contributed by atoms with Gasteiger partial charge in [0.1, 0.15) is 5.82 Å². The lowest BCUT2D eigenvalue weighted by Crippen LogP contribution is -1.84. The van der Waals surface area contributed by atoms with Gasteiger partial charge in [-0.25, -0.2) is 9.18 Å². The fraction of sp³-hybridized carbons (Fsp3) is 0. The molecule has 0 aliphatic carbocycles. The number of halogens is 1. The molecular weight excluding hydrogens is 199 g/mol. The molecule has 0 bridgehead atoms. The van der Waals surface area contributed by atoms with E-state index in [9.17, 15) is 9.18 Å². The van der Waals surface area contributed by atoms with Gasteiger partial charge in [0.25, 0.3) is 0 Å². The van der Waals surface area contributed by atoms with Gasteiger partial charge in [0.05, 0.1) is 0 Å². The maximum Gasteiger partial charge on any atom is 0.519 e. The summed E-state index contributed by atoms with van der Waals surface area (Å²) in [5.41, 5.74) is 0.424. The molecule has 0 radical (unpaired) electrons. The van der Waals surface area contributed by atoms with Crippen molar-refractivity contribution in [2.24, 2.45) is 0 Å². The first-order valence-corrected chi connectivity index (χ1v) is 4.36. The summed E-state index contributed by atoms with van der Waals surface area (Å²) in [4.78, 5) is 10.9. The van der Waals surface area contributed by atoms with Crippen LogP contribution in [-0.2, 0) is 0 Å². The van der Waals surface area contributed by atoms with Crippen molar-refractivity contribution in [2.75, 3.05) is 0 Å². The third-order valence-corrected chi connectivity index (χ3v) is 2.29. The molecule has 3 aromatic rings. The second-order valence-electron chi connectivity index (χ2n) is 3.19. The Kier molecular flexibility index (Phi) is 1.48. The van der Waals surface area contributed by atoms with Gasteiger partial charge in [-0.2, -0.15) is 0 Å². The molecule has 0 atom stereocenters. The van der Waals surface area contributed by atoms with Crippen LogP contribution in [0.3, 0.4) is 0 Å². The number of fused-ring (bicyclic) bond motifs is 3. The van der Waals surface area contributed by atoms with Crippen molar-refractivity contribution < 1.29 is 13.2 Å². The average molecular weight is 204 g/mol. The highest BCUT2D eigenvalue weighted by atomic mass is 19.1. The molecule has 3 nitrogen and oxygen atoms in total. The highest BCUT2D eigenvalue weighted by Gasteiger charge is 2.11. The van der Waals surface area contributed by atoms with E-state index < -0.39 is 11.6 Å². The Bertz CT molecular complexity index is 708. The molecule has 3 rings (SSSR count). The summed E-state index contributed by atoms with van der Waals surface area (Å²) in [6, 6.07) is 7.92. The normalized spacial score (nSPS) is 11.3. The number of hydrogen-bond donors (Lipinski definition) is 0. The van der Waals surface area contributed by atoms with E-state index in [0.717, 1.165) is 6.07 Å². The number of rotatable bonds is 0. The van der Waals surface area contributed by atoms with E-state index in [0.29, 0.717) is 10.8 Å². The molecule has 1 heterocycles. The monoisotopic (exact) mass is 204 g/mol. The molecule has 15 heavy (non-hydrogen) atoms. The average Bonchev–Trinajstić information content (AvgIpc) is 2.59. The summed E-state index contributed by atoms with van der Waals surface area (Å²) in [5, 5.41) is 0.952. The fourth-order valence-corrected chi connectivity index (χ4v) is 1.66. The van der Waals surface area contributed by atoms with Gasteiger partial charge in [0, 0.05) is 16.8 Å². The topological polar surface area (TPSA) is 43.4 Å². The highest BCUT2D eigenvalue weighted by molar-refractivity contribution is 6.02. The highest BCUT2D eigenvalue weighted by Crippen LogP contribution is 2.26. The van der Waals surface area contributed by atoms with E-state index in [1.54, 1.807) is 24.3 Å². The molecule has 0 saturated heterocycles. The largest absolute Gasteiger partial charge is 0.519 e. The van der Waals surface area contributed by atoms with E-state index in [2.05, 4.69) is 0 Å². The summed E-state index contributed by atoms with van der Waals surface area (Å²) in [6.07, 6.45) is 0. The Labute approximate surface area is 82.7 Å². The molecule has 0 N–H and O–H groups in total. The molecule has 4 heteroatoms. The third-order valence-electron chi connectivity index (χ3n) is 2.29. The zero-order valence-corrected chi connectivity index (χ0v) is 7.49. The maximum absolute atomic E-state index is 13.5. The summed E-state index contributed by atoms with van der Waals surface area (Å²) in [5.74, 6) is -1.25. The van der Waals surface area contributed by atoms with Crippen molar-refractivity contribution >= 4 is 21.9 Å². The van der Waals surface area contributed by atoms with Gasteiger partial charge < -0.3 is 8.83 Å². The van der Waals surface area contributed by atoms with Crippen LogP contribution in [0.4, 0.5) is 4.39 Å². The molecule has 0 saturated carbocycles. The summed E-state index contributed by atoms with van der Waals surface area (Å²) >= 11 is 0. The molecule has 74 valence electrons. The van der Waals surface area contributed by atoms with E-state index in [4.69, 9.17) is 8.83 Å². The maximum atomic E-state index is 13.5. The zero-order chi connectivity index (χ0) is 10.4. The van der Waals surface area contributed by atoms with Crippen LogP contribution in [0.1, 0.15) is 0 Å². The molecule has 0 fully saturated rings. The quantitative estimate of drug-likeness (QED) is 0.565. The Balaban J connectivity index is 2.68. The van der Waals surface area contributed by atoms with Crippen molar-refractivity contribution in [2.45, 2.75) is 0 Å². The Morgan fingerprint density at radius 1 is 1.07 bits per heavy atom. The molecule has 0 unspecified atom stereocenters. The predicted molar refractivity (Wildman–Crippen MR) is 52.2 cm³/mol. The minimum absolute atomic E-state index is 0.135. The van der Waals surface area contributed by atoms with Crippen LogP contribution < -0.4 is 5.82 Å². The van der Waals surface area contributed by atoms with Gasteiger partial charge in [-0.3, -0.25) is 0 Å². The summed E-state index contributed by atoms with van der Waals surface area (Å²) < 4.78 is 23.1. The minimum Gasteiger partial charge on any atom is -0.391 e. The molecule has 0 amide bonds. The lowest BCUT2D eigenvalue weighted by Gasteiger charge is -1.97. The SMILES string of the molecule is O=c1oc2cc(F)c3ccccc3c2o1. The molecule has 2 aromatic carbocycles. The predicted octanol–water partition coefficient (Wildman–Crippen LogP) is 2.68. The molecule has 0 aliphatic rings. The third kappa shape index (κ3) is 1.08. The van der Waals surface area contributed by atoms with Crippen molar-refractivity contribution in [1.29, 1.82) is 0 Å². The Morgan fingerprint density at radius 2 is 1.80 bits per heavy atom. The fourth-order valence-electron chi connectivity index (χ4n) is 1.66. The second kappa shape index (κ2) is 2.70. The molecule has 0 aliphatic heterocycles. The van der Waals surface area contributed by atoms with Gasteiger partial charge in [0.15, 0.2) is 11.2 Å². The van der Waals surface area contributed by atoms with E-state index >= 15 is 0 Å². The van der Waals surface area contributed by atoms with Gasteiger partial charge in [-0.15, -0.1) is 0 Å². The first-order valence-electron chi connectivity index (χ1n) is 4.36. The van der Waals surface area contributed by atoms with E-state index in [1.807, 2.05) is 0 Å². The smallest absolute Gasteiger partial charge is 0.391 e.